The van der Waals surface area contributed by atoms with Gasteiger partial charge < -0.3 is 10.2 Å². The molecule has 0 unspecified atom stereocenters. The highest BCUT2D eigenvalue weighted by Crippen LogP contribution is 2.15. The fourth-order valence-corrected chi connectivity index (χ4v) is 2.69. The Bertz CT molecular complexity index is 425. The molecule has 0 radical (unpaired) electrons. The van der Waals surface area contributed by atoms with Crippen molar-refractivity contribution in [1.82, 2.24) is 10.2 Å². The van der Waals surface area contributed by atoms with Crippen LogP contribution in [0.1, 0.15) is 35.7 Å². The van der Waals surface area contributed by atoms with Gasteiger partial charge in [-0.1, -0.05) is 17.7 Å². The van der Waals surface area contributed by atoms with E-state index in [4.69, 9.17) is 0 Å². The lowest BCUT2D eigenvalue weighted by Gasteiger charge is -2.29. The standard InChI is InChI=1S/C16H24N2O/c1-3-18(12-14-7-9-17-10-8-14)16(19)15-6-4-5-13(2)11-15/h4-6,11,14,17H,3,7-10,12H2,1-2H3. The van der Waals surface area contributed by atoms with E-state index < -0.39 is 0 Å². The average Bonchev–Trinajstić information content (AvgIpc) is 2.45. The molecule has 0 bridgehead atoms. The minimum Gasteiger partial charge on any atom is -0.339 e. The molecule has 1 fully saturated rings. The summed E-state index contributed by atoms with van der Waals surface area (Å²) >= 11 is 0. The normalized spacial score (nSPS) is 16.3. The van der Waals surface area contributed by atoms with Crippen LogP contribution in [0.25, 0.3) is 0 Å². The van der Waals surface area contributed by atoms with Gasteiger partial charge in [-0.3, -0.25) is 4.79 Å². The quantitative estimate of drug-likeness (QED) is 0.902. The minimum atomic E-state index is 0.171. The summed E-state index contributed by atoms with van der Waals surface area (Å²) in [6, 6.07) is 7.88. The van der Waals surface area contributed by atoms with Crippen molar-refractivity contribution in [2.75, 3.05) is 26.2 Å². The molecule has 1 aromatic carbocycles. The maximum absolute atomic E-state index is 12.5. The number of hydrogen-bond acceptors (Lipinski definition) is 2. The average molecular weight is 260 g/mol. The fourth-order valence-electron chi connectivity index (χ4n) is 2.69. The molecule has 1 heterocycles. The van der Waals surface area contributed by atoms with Gasteiger partial charge in [0.25, 0.3) is 5.91 Å². The summed E-state index contributed by atoms with van der Waals surface area (Å²) in [5.74, 6) is 0.819. The second-order valence-electron chi connectivity index (χ2n) is 5.41. The SMILES string of the molecule is CCN(CC1CCNCC1)C(=O)c1cccc(C)c1. The van der Waals surface area contributed by atoms with Gasteiger partial charge in [0.1, 0.15) is 0 Å². The molecule has 1 aliphatic rings. The number of carbonyl (C=O) groups excluding carboxylic acids is 1. The van der Waals surface area contributed by atoms with Crippen LogP contribution in [0, 0.1) is 12.8 Å². The third kappa shape index (κ3) is 3.80. The molecule has 1 saturated heterocycles. The topological polar surface area (TPSA) is 32.3 Å². The highest BCUT2D eigenvalue weighted by Gasteiger charge is 2.20. The molecule has 1 aromatic rings. The molecule has 104 valence electrons. The van der Waals surface area contributed by atoms with Crippen LogP contribution < -0.4 is 5.32 Å². The van der Waals surface area contributed by atoms with Crippen molar-refractivity contribution in [3.63, 3.8) is 0 Å². The lowest BCUT2D eigenvalue weighted by Crippen LogP contribution is -2.39. The van der Waals surface area contributed by atoms with Gasteiger partial charge in [-0.25, -0.2) is 0 Å². The molecule has 0 aromatic heterocycles. The van der Waals surface area contributed by atoms with Gasteiger partial charge in [0.15, 0.2) is 0 Å². The largest absolute Gasteiger partial charge is 0.339 e. The molecule has 0 spiro atoms. The van der Waals surface area contributed by atoms with Crippen molar-refractivity contribution in [2.24, 2.45) is 5.92 Å². The minimum absolute atomic E-state index is 0.171. The molecule has 0 atom stereocenters. The Balaban J connectivity index is 2.02. The molecule has 1 amide bonds. The Morgan fingerprint density at radius 3 is 2.74 bits per heavy atom. The number of aryl methyl sites for hydroxylation is 1. The van der Waals surface area contributed by atoms with Crippen molar-refractivity contribution in [2.45, 2.75) is 26.7 Å². The predicted octanol–water partition coefficient (Wildman–Crippen LogP) is 2.46. The molecule has 1 N–H and O–H groups in total. The Morgan fingerprint density at radius 2 is 2.11 bits per heavy atom. The predicted molar refractivity (Wildman–Crippen MR) is 78.4 cm³/mol. The third-order valence-corrected chi connectivity index (χ3v) is 3.87. The van der Waals surface area contributed by atoms with E-state index in [2.05, 4.69) is 12.2 Å². The molecular formula is C16H24N2O. The van der Waals surface area contributed by atoms with E-state index in [1.807, 2.05) is 36.1 Å². The summed E-state index contributed by atoms with van der Waals surface area (Å²) in [5, 5.41) is 3.37. The van der Waals surface area contributed by atoms with Crippen molar-refractivity contribution in [1.29, 1.82) is 0 Å². The van der Waals surface area contributed by atoms with Crippen molar-refractivity contribution in [3.8, 4) is 0 Å². The van der Waals surface area contributed by atoms with Gasteiger partial charge in [-0.2, -0.15) is 0 Å². The summed E-state index contributed by atoms with van der Waals surface area (Å²) < 4.78 is 0. The van der Waals surface area contributed by atoms with Gasteiger partial charge in [0, 0.05) is 18.7 Å². The zero-order valence-electron chi connectivity index (χ0n) is 12.0. The Morgan fingerprint density at radius 1 is 1.37 bits per heavy atom. The monoisotopic (exact) mass is 260 g/mol. The number of nitrogens with one attached hydrogen (secondary N) is 1. The van der Waals surface area contributed by atoms with Crippen LogP contribution in [-0.4, -0.2) is 37.0 Å². The van der Waals surface area contributed by atoms with E-state index in [1.165, 1.54) is 12.8 Å². The number of hydrogen-bond donors (Lipinski definition) is 1. The summed E-state index contributed by atoms with van der Waals surface area (Å²) in [6.45, 7) is 7.94. The summed E-state index contributed by atoms with van der Waals surface area (Å²) in [7, 11) is 0. The van der Waals surface area contributed by atoms with E-state index in [0.29, 0.717) is 5.92 Å². The maximum atomic E-state index is 12.5. The first-order valence-corrected chi connectivity index (χ1v) is 7.27. The lowest BCUT2D eigenvalue weighted by molar-refractivity contribution is 0.0726. The lowest BCUT2D eigenvalue weighted by atomic mass is 9.97. The van der Waals surface area contributed by atoms with E-state index in [9.17, 15) is 4.79 Å². The van der Waals surface area contributed by atoms with Crippen LogP contribution in [0.2, 0.25) is 0 Å². The first kappa shape index (κ1) is 14.1. The van der Waals surface area contributed by atoms with Crippen LogP contribution in [0.3, 0.4) is 0 Å². The van der Waals surface area contributed by atoms with Crippen LogP contribution in [0.15, 0.2) is 24.3 Å². The number of benzene rings is 1. The first-order chi connectivity index (χ1) is 9.20. The van der Waals surface area contributed by atoms with Crippen LogP contribution in [0.4, 0.5) is 0 Å². The van der Waals surface area contributed by atoms with Crippen LogP contribution in [-0.2, 0) is 0 Å². The zero-order chi connectivity index (χ0) is 13.7. The number of nitrogens with zero attached hydrogens (tertiary/aromatic N) is 1. The van der Waals surface area contributed by atoms with E-state index in [1.54, 1.807) is 0 Å². The van der Waals surface area contributed by atoms with Gasteiger partial charge in [-0.15, -0.1) is 0 Å². The molecule has 1 aliphatic heterocycles. The second kappa shape index (κ2) is 6.71. The number of carbonyl (C=O) groups is 1. The van der Waals surface area contributed by atoms with Crippen molar-refractivity contribution < 1.29 is 4.79 Å². The summed E-state index contributed by atoms with van der Waals surface area (Å²) in [4.78, 5) is 14.5. The van der Waals surface area contributed by atoms with E-state index >= 15 is 0 Å². The summed E-state index contributed by atoms with van der Waals surface area (Å²) in [6.07, 6.45) is 2.36. The number of rotatable bonds is 4. The number of amides is 1. The Hall–Kier alpha value is -1.35. The third-order valence-electron chi connectivity index (χ3n) is 3.87. The van der Waals surface area contributed by atoms with E-state index in [-0.39, 0.29) is 5.91 Å². The maximum Gasteiger partial charge on any atom is 0.253 e. The molecule has 0 saturated carbocycles. The molecule has 19 heavy (non-hydrogen) atoms. The van der Waals surface area contributed by atoms with Gasteiger partial charge in [-0.05, 0) is 57.8 Å². The Labute approximate surface area is 116 Å². The first-order valence-electron chi connectivity index (χ1n) is 7.27. The van der Waals surface area contributed by atoms with Crippen LogP contribution in [0.5, 0.6) is 0 Å². The van der Waals surface area contributed by atoms with Gasteiger partial charge >= 0.3 is 0 Å². The molecule has 2 rings (SSSR count). The van der Waals surface area contributed by atoms with Crippen molar-refractivity contribution >= 4 is 5.91 Å². The Kier molecular flexibility index (Phi) is 4.97. The van der Waals surface area contributed by atoms with Crippen molar-refractivity contribution in [3.05, 3.63) is 35.4 Å². The zero-order valence-corrected chi connectivity index (χ0v) is 12.0. The van der Waals surface area contributed by atoms with Gasteiger partial charge in [0.05, 0.1) is 0 Å². The number of piperidine rings is 1. The van der Waals surface area contributed by atoms with Gasteiger partial charge in [0.2, 0.25) is 0 Å². The molecule has 0 aliphatic carbocycles. The highest BCUT2D eigenvalue weighted by molar-refractivity contribution is 5.94. The summed E-state index contributed by atoms with van der Waals surface area (Å²) in [5.41, 5.74) is 1.96. The molecular weight excluding hydrogens is 236 g/mol. The fraction of sp³-hybridized carbons (Fsp3) is 0.562. The smallest absolute Gasteiger partial charge is 0.253 e. The molecule has 3 nitrogen and oxygen atoms in total. The van der Waals surface area contributed by atoms with E-state index in [0.717, 1.165) is 37.3 Å². The van der Waals surface area contributed by atoms with Crippen LogP contribution >= 0.6 is 0 Å². The second-order valence-corrected chi connectivity index (χ2v) is 5.41. The molecule has 3 heteroatoms. The highest BCUT2D eigenvalue weighted by atomic mass is 16.2.